The van der Waals surface area contributed by atoms with E-state index in [1.165, 1.54) is 6.20 Å². The van der Waals surface area contributed by atoms with Crippen LogP contribution in [0.2, 0.25) is 0 Å². The lowest BCUT2D eigenvalue weighted by Gasteiger charge is -2.10. The Hall–Kier alpha value is -2.82. The zero-order valence-corrected chi connectivity index (χ0v) is 12.7. The van der Waals surface area contributed by atoms with Crippen LogP contribution in [0.4, 0.5) is 0 Å². The van der Waals surface area contributed by atoms with Crippen LogP contribution in [0, 0.1) is 0 Å². The van der Waals surface area contributed by atoms with Crippen LogP contribution in [-0.4, -0.2) is 27.5 Å². The van der Waals surface area contributed by atoms with Gasteiger partial charge in [-0.2, -0.15) is 0 Å². The van der Waals surface area contributed by atoms with Crippen LogP contribution in [0.25, 0.3) is 11.4 Å². The Kier molecular flexibility index (Phi) is 5.54. The molecule has 0 radical (unpaired) electrons. The van der Waals surface area contributed by atoms with Crippen LogP contribution >= 0.6 is 0 Å². The van der Waals surface area contributed by atoms with E-state index in [-0.39, 0.29) is 0 Å². The average molecular weight is 294 g/mol. The van der Waals surface area contributed by atoms with Crippen molar-refractivity contribution in [3.05, 3.63) is 61.1 Å². The van der Waals surface area contributed by atoms with Gasteiger partial charge in [-0.1, -0.05) is 18.7 Å². The summed E-state index contributed by atoms with van der Waals surface area (Å²) in [5, 5.41) is 8.50. The number of ether oxygens (including phenoxy) is 1. The second-order valence-corrected chi connectivity index (χ2v) is 4.29. The molecule has 0 aliphatic heterocycles. The van der Waals surface area contributed by atoms with Gasteiger partial charge in [-0.25, -0.2) is 0 Å². The van der Waals surface area contributed by atoms with Crippen LogP contribution in [0.5, 0.6) is 5.75 Å². The Bertz CT molecular complexity index is 693. The lowest BCUT2D eigenvalue weighted by molar-refractivity contribution is 0.337. The lowest BCUT2D eigenvalue weighted by Crippen LogP contribution is -2.08. The first kappa shape index (κ1) is 15.6. The molecule has 0 saturated carbocycles. The van der Waals surface area contributed by atoms with Crippen molar-refractivity contribution in [2.24, 2.45) is 4.99 Å². The Labute approximate surface area is 130 Å². The van der Waals surface area contributed by atoms with Crippen LogP contribution in [-0.2, 0) is 0 Å². The number of aliphatic imine (C=N–C) groups is 1. The molecule has 5 nitrogen and oxygen atoms in total. The maximum Gasteiger partial charge on any atom is 0.153 e. The highest BCUT2D eigenvalue weighted by atomic mass is 16.5. The van der Waals surface area contributed by atoms with E-state index in [9.17, 15) is 0 Å². The fraction of sp³-hybridized carbons (Fsp3) is 0.176. The molecule has 22 heavy (non-hydrogen) atoms. The molecule has 0 aliphatic rings. The number of pyridine rings is 1. The fourth-order valence-corrected chi connectivity index (χ4v) is 1.90. The summed E-state index contributed by atoms with van der Waals surface area (Å²) in [6.07, 6.45) is 6.91. The van der Waals surface area contributed by atoms with Crippen LogP contribution < -0.4 is 4.74 Å². The van der Waals surface area contributed by atoms with Gasteiger partial charge in [0.25, 0.3) is 0 Å². The molecule has 112 valence electrons. The van der Waals surface area contributed by atoms with Crippen molar-refractivity contribution < 1.29 is 4.74 Å². The average Bonchev–Trinajstić information content (AvgIpc) is 2.56. The first-order valence-corrected chi connectivity index (χ1v) is 7.03. The summed E-state index contributed by atoms with van der Waals surface area (Å²) < 4.78 is 5.69. The van der Waals surface area contributed by atoms with E-state index in [1.54, 1.807) is 6.20 Å². The van der Waals surface area contributed by atoms with Gasteiger partial charge < -0.3 is 4.74 Å². The largest absolute Gasteiger partial charge is 0.491 e. The number of nitrogens with zero attached hydrogens (tertiary/aromatic N) is 4. The summed E-state index contributed by atoms with van der Waals surface area (Å²) in [5.41, 5.74) is 2.64. The summed E-state index contributed by atoms with van der Waals surface area (Å²) >= 11 is 0. The molecule has 0 saturated heterocycles. The van der Waals surface area contributed by atoms with Gasteiger partial charge >= 0.3 is 0 Å². The van der Waals surface area contributed by atoms with Gasteiger partial charge in [0.1, 0.15) is 5.69 Å². The minimum absolute atomic E-state index is 0.525. The van der Waals surface area contributed by atoms with E-state index in [0.29, 0.717) is 29.5 Å². The smallest absolute Gasteiger partial charge is 0.153 e. The van der Waals surface area contributed by atoms with Gasteiger partial charge in [0.15, 0.2) is 11.4 Å². The van der Waals surface area contributed by atoms with E-state index >= 15 is 0 Å². The standard InChI is InChI=1S/C17H18N4O/c1-4-9-14(18-5-2)17-16(22-6-3)12-15(20-21-17)13-10-7-8-11-19-13/h4-5,7-12H,2,6H2,1,3H3/b9-4-,18-14?. The third kappa shape index (κ3) is 3.63. The number of aromatic nitrogens is 3. The van der Waals surface area contributed by atoms with Gasteiger partial charge in [0, 0.05) is 18.5 Å². The molecule has 2 aromatic rings. The van der Waals surface area contributed by atoms with Crippen molar-refractivity contribution in [3.8, 4) is 17.1 Å². The molecule has 2 rings (SSSR count). The van der Waals surface area contributed by atoms with E-state index in [2.05, 4.69) is 26.8 Å². The monoisotopic (exact) mass is 294 g/mol. The Morgan fingerprint density at radius 1 is 1.32 bits per heavy atom. The Morgan fingerprint density at radius 3 is 2.82 bits per heavy atom. The molecule has 5 heteroatoms. The molecule has 0 aromatic carbocycles. The maximum atomic E-state index is 5.69. The third-order valence-corrected chi connectivity index (χ3v) is 2.78. The molecule has 0 spiro atoms. The Balaban J connectivity index is 2.52. The van der Waals surface area contributed by atoms with Crippen molar-refractivity contribution in [2.75, 3.05) is 6.61 Å². The zero-order valence-electron chi connectivity index (χ0n) is 12.7. The molecule has 2 aromatic heterocycles. The molecular formula is C17H18N4O. The summed E-state index contributed by atoms with van der Waals surface area (Å²) in [6, 6.07) is 7.47. The van der Waals surface area contributed by atoms with E-state index in [1.807, 2.05) is 50.3 Å². The number of hydrogen-bond donors (Lipinski definition) is 0. The minimum atomic E-state index is 0.525. The predicted molar refractivity (Wildman–Crippen MR) is 88.0 cm³/mol. The fourth-order valence-electron chi connectivity index (χ4n) is 1.90. The summed E-state index contributed by atoms with van der Waals surface area (Å²) in [7, 11) is 0. The maximum absolute atomic E-state index is 5.69. The first-order chi connectivity index (χ1) is 10.8. The normalized spacial score (nSPS) is 11.6. The van der Waals surface area contributed by atoms with Crippen LogP contribution in [0.3, 0.4) is 0 Å². The highest BCUT2D eigenvalue weighted by Crippen LogP contribution is 2.23. The van der Waals surface area contributed by atoms with Gasteiger partial charge in [-0.15, -0.1) is 10.2 Å². The number of rotatable bonds is 6. The van der Waals surface area contributed by atoms with Crippen molar-refractivity contribution in [2.45, 2.75) is 13.8 Å². The van der Waals surface area contributed by atoms with E-state index in [0.717, 1.165) is 5.69 Å². The van der Waals surface area contributed by atoms with Crippen molar-refractivity contribution in [1.82, 2.24) is 15.2 Å². The Morgan fingerprint density at radius 2 is 2.18 bits per heavy atom. The number of hydrogen-bond acceptors (Lipinski definition) is 5. The second-order valence-electron chi connectivity index (χ2n) is 4.29. The molecule has 0 amide bonds. The molecular weight excluding hydrogens is 276 g/mol. The molecule has 0 fully saturated rings. The van der Waals surface area contributed by atoms with E-state index < -0.39 is 0 Å². The summed E-state index contributed by atoms with van der Waals surface area (Å²) in [6.45, 7) is 7.99. The SMILES string of the molecule is C=CN=C(/C=C\C)c1nnc(-c2ccccn2)cc1OCC. The topological polar surface area (TPSA) is 60.3 Å². The first-order valence-electron chi connectivity index (χ1n) is 7.03. The molecule has 0 bridgehead atoms. The summed E-state index contributed by atoms with van der Waals surface area (Å²) in [5.74, 6) is 0.622. The quantitative estimate of drug-likeness (QED) is 0.766. The highest BCUT2D eigenvalue weighted by Gasteiger charge is 2.13. The van der Waals surface area contributed by atoms with E-state index in [4.69, 9.17) is 4.74 Å². The lowest BCUT2D eigenvalue weighted by atomic mass is 10.2. The molecule has 0 aliphatic carbocycles. The second kappa shape index (κ2) is 7.83. The van der Waals surface area contributed by atoms with Gasteiger partial charge in [0.05, 0.1) is 18.0 Å². The van der Waals surface area contributed by atoms with Crippen molar-refractivity contribution in [1.29, 1.82) is 0 Å². The van der Waals surface area contributed by atoms with Gasteiger partial charge in [-0.05, 0) is 32.1 Å². The van der Waals surface area contributed by atoms with Gasteiger partial charge in [0.2, 0.25) is 0 Å². The van der Waals surface area contributed by atoms with Crippen molar-refractivity contribution in [3.63, 3.8) is 0 Å². The minimum Gasteiger partial charge on any atom is -0.491 e. The van der Waals surface area contributed by atoms with Crippen LogP contribution in [0.1, 0.15) is 19.5 Å². The summed E-state index contributed by atoms with van der Waals surface area (Å²) in [4.78, 5) is 8.50. The zero-order chi connectivity index (χ0) is 15.8. The molecule has 0 N–H and O–H groups in total. The molecule has 2 heterocycles. The molecule has 0 unspecified atom stereocenters. The molecule has 0 atom stereocenters. The predicted octanol–water partition coefficient (Wildman–Crippen LogP) is 3.45. The third-order valence-electron chi connectivity index (χ3n) is 2.78. The highest BCUT2D eigenvalue weighted by molar-refractivity contribution is 6.09. The number of allylic oxidation sites excluding steroid dienone is 2. The van der Waals surface area contributed by atoms with Gasteiger partial charge in [-0.3, -0.25) is 9.98 Å². The van der Waals surface area contributed by atoms with Crippen LogP contribution in [0.15, 0.2) is 60.4 Å². The van der Waals surface area contributed by atoms with Crippen molar-refractivity contribution >= 4 is 5.71 Å².